The number of fused-ring (bicyclic) bond motifs is 3. The monoisotopic (exact) mass is 447 g/mol. The van der Waals surface area contributed by atoms with Gasteiger partial charge in [-0.3, -0.25) is 4.79 Å². The molecule has 0 saturated carbocycles. The highest BCUT2D eigenvalue weighted by Crippen LogP contribution is 2.44. The molecule has 2 unspecified atom stereocenters. The first-order valence-corrected chi connectivity index (χ1v) is 10.7. The third-order valence-corrected chi connectivity index (χ3v) is 5.92. The van der Waals surface area contributed by atoms with Crippen LogP contribution in [-0.2, 0) is 4.74 Å². The van der Waals surface area contributed by atoms with Gasteiger partial charge in [0.2, 0.25) is 0 Å². The predicted molar refractivity (Wildman–Crippen MR) is 122 cm³/mol. The second kappa shape index (κ2) is 9.85. The second-order valence-electron chi connectivity index (χ2n) is 7.99. The molecule has 1 aliphatic rings. The smallest absolute Gasteiger partial charge is 0.407 e. The van der Waals surface area contributed by atoms with Gasteiger partial charge in [-0.25, -0.2) is 4.79 Å². The van der Waals surface area contributed by atoms with E-state index in [-0.39, 0.29) is 42.4 Å². The van der Waals surface area contributed by atoms with Crippen LogP contribution in [0.25, 0.3) is 11.1 Å². The van der Waals surface area contributed by atoms with Crippen LogP contribution in [0.15, 0.2) is 66.7 Å². The van der Waals surface area contributed by atoms with E-state index >= 15 is 0 Å². The minimum absolute atomic E-state index is 0.0239. The molecule has 0 aliphatic heterocycles. The van der Waals surface area contributed by atoms with Crippen molar-refractivity contribution in [3.05, 3.63) is 89.0 Å². The highest BCUT2D eigenvalue weighted by Gasteiger charge is 2.29. The molecular formula is C26H25NO6. The molecule has 0 aromatic heterocycles. The standard InChI is InChI=1S/C26H25NO6/c28-14-16-9-10-23(29)21(13-16)25(31)24(30)11-12-27-26(32)33-15-22-19-7-3-1-5-17(19)18-6-2-4-8-20(18)22/h1-10,13-14,22,24-25,29-31H,11-12,15H2,(H,27,32). The Kier molecular flexibility index (Phi) is 6.72. The van der Waals surface area contributed by atoms with Gasteiger partial charge in [0.15, 0.2) is 0 Å². The van der Waals surface area contributed by atoms with E-state index in [9.17, 15) is 24.9 Å². The van der Waals surface area contributed by atoms with Crippen molar-refractivity contribution in [2.75, 3.05) is 13.2 Å². The van der Waals surface area contributed by atoms with Gasteiger partial charge in [0, 0.05) is 23.6 Å². The summed E-state index contributed by atoms with van der Waals surface area (Å²) < 4.78 is 5.44. The molecule has 4 rings (SSSR count). The molecular weight excluding hydrogens is 422 g/mol. The first-order valence-electron chi connectivity index (χ1n) is 10.7. The van der Waals surface area contributed by atoms with Crippen molar-refractivity contribution in [3.63, 3.8) is 0 Å². The molecule has 2 atom stereocenters. The van der Waals surface area contributed by atoms with Gasteiger partial charge in [0.1, 0.15) is 24.7 Å². The second-order valence-corrected chi connectivity index (χ2v) is 7.99. The third-order valence-electron chi connectivity index (χ3n) is 5.92. The summed E-state index contributed by atoms with van der Waals surface area (Å²) >= 11 is 0. The number of phenols is 1. The fourth-order valence-electron chi connectivity index (χ4n) is 4.22. The molecule has 0 spiro atoms. The van der Waals surface area contributed by atoms with Crippen molar-refractivity contribution in [2.45, 2.75) is 24.5 Å². The molecule has 0 heterocycles. The highest BCUT2D eigenvalue weighted by atomic mass is 16.5. The number of aliphatic hydroxyl groups is 2. The first kappa shape index (κ1) is 22.5. The van der Waals surface area contributed by atoms with Crippen molar-refractivity contribution >= 4 is 12.4 Å². The van der Waals surface area contributed by atoms with Crippen molar-refractivity contribution in [2.24, 2.45) is 0 Å². The van der Waals surface area contributed by atoms with Crippen LogP contribution in [0.1, 0.15) is 45.5 Å². The van der Waals surface area contributed by atoms with E-state index in [2.05, 4.69) is 17.4 Å². The fraction of sp³-hybridized carbons (Fsp3) is 0.231. The largest absolute Gasteiger partial charge is 0.508 e. The molecule has 7 heteroatoms. The van der Waals surface area contributed by atoms with Crippen LogP contribution in [0, 0.1) is 0 Å². The Labute approximate surface area is 191 Å². The molecule has 33 heavy (non-hydrogen) atoms. The van der Waals surface area contributed by atoms with E-state index < -0.39 is 18.3 Å². The number of aromatic hydroxyl groups is 1. The summed E-state index contributed by atoms with van der Waals surface area (Å²) in [7, 11) is 0. The Balaban J connectivity index is 1.30. The Hall–Kier alpha value is -3.68. The number of carbonyl (C=O) groups is 2. The number of phenolic OH excluding ortho intramolecular Hbond substituents is 1. The molecule has 7 nitrogen and oxygen atoms in total. The number of benzene rings is 3. The Morgan fingerprint density at radius 1 is 1.00 bits per heavy atom. The Bertz CT molecular complexity index is 1120. The van der Waals surface area contributed by atoms with Gasteiger partial charge in [0.05, 0.1) is 6.10 Å². The van der Waals surface area contributed by atoms with Gasteiger partial charge in [-0.2, -0.15) is 0 Å². The fourth-order valence-corrected chi connectivity index (χ4v) is 4.22. The molecule has 1 aliphatic carbocycles. The summed E-state index contributed by atoms with van der Waals surface area (Å²) in [6.45, 7) is 0.237. The molecule has 0 saturated heterocycles. The van der Waals surface area contributed by atoms with Gasteiger partial charge in [-0.15, -0.1) is 0 Å². The molecule has 0 fully saturated rings. The summed E-state index contributed by atoms with van der Waals surface area (Å²) in [4.78, 5) is 23.1. The molecule has 3 aromatic carbocycles. The van der Waals surface area contributed by atoms with E-state index in [0.29, 0.717) is 6.29 Å². The first-order chi connectivity index (χ1) is 16.0. The lowest BCUT2D eigenvalue weighted by molar-refractivity contribution is 0.0123. The predicted octanol–water partition coefficient (Wildman–Crippen LogP) is 3.53. The Morgan fingerprint density at radius 3 is 2.27 bits per heavy atom. The van der Waals surface area contributed by atoms with Crippen LogP contribution in [0.4, 0.5) is 4.79 Å². The highest BCUT2D eigenvalue weighted by molar-refractivity contribution is 5.79. The number of carbonyl (C=O) groups excluding carboxylic acids is 2. The average Bonchev–Trinajstić information content (AvgIpc) is 3.16. The van der Waals surface area contributed by atoms with Gasteiger partial charge in [-0.1, -0.05) is 48.5 Å². The molecule has 4 N–H and O–H groups in total. The Morgan fingerprint density at radius 2 is 1.64 bits per heavy atom. The average molecular weight is 447 g/mol. The zero-order chi connectivity index (χ0) is 23.4. The quantitative estimate of drug-likeness (QED) is 0.393. The van der Waals surface area contributed by atoms with Crippen LogP contribution in [0.3, 0.4) is 0 Å². The lowest BCUT2D eigenvalue weighted by Crippen LogP contribution is -2.30. The lowest BCUT2D eigenvalue weighted by atomic mass is 9.98. The van der Waals surface area contributed by atoms with Gasteiger partial charge >= 0.3 is 6.09 Å². The van der Waals surface area contributed by atoms with Crippen molar-refractivity contribution in [1.29, 1.82) is 0 Å². The van der Waals surface area contributed by atoms with Crippen LogP contribution < -0.4 is 5.32 Å². The van der Waals surface area contributed by atoms with Crippen LogP contribution in [0.5, 0.6) is 5.75 Å². The summed E-state index contributed by atoms with van der Waals surface area (Å²) in [5.74, 6) is -0.278. The normalized spacial score (nSPS) is 14.1. The number of hydrogen-bond acceptors (Lipinski definition) is 6. The molecule has 0 radical (unpaired) electrons. The summed E-state index contributed by atoms with van der Waals surface area (Å²) in [6, 6.07) is 20.1. The number of alkyl carbamates (subject to hydrolysis) is 1. The van der Waals surface area contributed by atoms with Crippen molar-refractivity contribution < 1.29 is 29.6 Å². The number of aldehydes is 1. The number of aliphatic hydroxyl groups excluding tert-OH is 2. The van der Waals surface area contributed by atoms with Crippen LogP contribution in [0.2, 0.25) is 0 Å². The van der Waals surface area contributed by atoms with Gasteiger partial charge < -0.3 is 25.4 Å². The zero-order valence-corrected chi connectivity index (χ0v) is 17.8. The molecule has 1 amide bonds. The van der Waals surface area contributed by atoms with E-state index in [1.807, 2.05) is 36.4 Å². The summed E-state index contributed by atoms with van der Waals surface area (Å²) in [6.07, 6.45) is -2.68. The maximum Gasteiger partial charge on any atom is 0.407 e. The van der Waals surface area contributed by atoms with Gasteiger partial charge in [0.25, 0.3) is 0 Å². The number of ether oxygens (including phenoxy) is 1. The zero-order valence-electron chi connectivity index (χ0n) is 17.8. The molecule has 3 aromatic rings. The third kappa shape index (κ3) is 4.74. The summed E-state index contributed by atoms with van der Waals surface area (Å²) in [5.41, 5.74) is 4.83. The van der Waals surface area contributed by atoms with E-state index in [4.69, 9.17) is 4.74 Å². The maximum absolute atomic E-state index is 12.2. The van der Waals surface area contributed by atoms with E-state index in [1.165, 1.54) is 18.2 Å². The minimum Gasteiger partial charge on any atom is -0.508 e. The van der Waals surface area contributed by atoms with Crippen molar-refractivity contribution in [1.82, 2.24) is 5.32 Å². The number of hydrogen-bond donors (Lipinski definition) is 4. The minimum atomic E-state index is -1.41. The van der Waals surface area contributed by atoms with Crippen LogP contribution >= 0.6 is 0 Å². The molecule has 170 valence electrons. The molecule has 0 bridgehead atoms. The van der Waals surface area contributed by atoms with Gasteiger partial charge in [-0.05, 0) is 46.9 Å². The SMILES string of the molecule is O=Cc1ccc(O)c(C(O)C(O)CCNC(=O)OCC2c3ccccc3-c3ccccc32)c1. The number of nitrogens with one attached hydrogen (secondary N) is 1. The topological polar surface area (TPSA) is 116 Å². The van der Waals surface area contributed by atoms with Crippen molar-refractivity contribution in [3.8, 4) is 16.9 Å². The maximum atomic E-state index is 12.2. The van der Waals surface area contributed by atoms with E-state index in [0.717, 1.165) is 22.3 Å². The van der Waals surface area contributed by atoms with E-state index in [1.54, 1.807) is 0 Å². The lowest BCUT2D eigenvalue weighted by Gasteiger charge is -2.20. The van der Waals surface area contributed by atoms with Crippen LogP contribution in [-0.4, -0.2) is 47.0 Å². The summed E-state index contributed by atoms with van der Waals surface area (Å²) in [5, 5.41) is 33.0. The number of amides is 1. The number of rotatable bonds is 8.